The van der Waals surface area contributed by atoms with Crippen molar-refractivity contribution in [1.29, 1.82) is 0 Å². The highest BCUT2D eigenvalue weighted by Crippen LogP contribution is 2.29. The minimum Gasteiger partial charge on any atom is -0.481 e. The number of nitrogens with one attached hydrogen (secondary N) is 1. The molecule has 0 radical (unpaired) electrons. The molecule has 0 aromatic heterocycles. The van der Waals surface area contributed by atoms with E-state index < -0.39 is 23.1 Å². The number of rotatable bonds is 13. The molecule has 0 bridgehead atoms. The maximum atomic E-state index is 12.9. The number of amides is 1. The van der Waals surface area contributed by atoms with Gasteiger partial charge in [-0.05, 0) is 59.6 Å². The van der Waals surface area contributed by atoms with Crippen LogP contribution in [-0.2, 0) is 20.5 Å². The number of nitrogens with two attached hydrogens (primary N) is 2. The van der Waals surface area contributed by atoms with Crippen molar-refractivity contribution in [2.45, 2.75) is 40.3 Å². The second kappa shape index (κ2) is 14.8. The Labute approximate surface area is 220 Å². The molecule has 1 fully saturated rings. The number of carbonyl (C=O) groups excluding carboxylic acids is 1. The third-order valence-electron chi connectivity index (χ3n) is 6.02. The molecule has 3 atom stereocenters. The molecule has 11 heteroatoms. The molecule has 1 aromatic rings. The molecule has 3 unspecified atom stereocenters. The third-order valence-corrected chi connectivity index (χ3v) is 8.50. The number of anilines is 2. The van der Waals surface area contributed by atoms with Gasteiger partial charge in [-0.15, -0.1) is 0 Å². The predicted molar refractivity (Wildman–Crippen MR) is 148 cm³/mol. The lowest BCUT2D eigenvalue weighted by Gasteiger charge is -2.36. The molecule has 9 nitrogen and oxygen atoms in total. The van der Waals surface area contributed by atoms with Gasteiger partial charge in [0.25, 0.3) is 5.91 Å². The number of halogens is 1. The zero-order chi connectivity index (χ0) is 26.0. The van der Waals surface area contributed by atoms with Gasteiger partial charge >= 0.3 is 0 Å². The lowest BCUT2D eigenvalue weighted by atomic mass is 10.2. The Bertz CT molecular complexity index is 875. The maximum absolute atomic E-state index is 12.9. The minimum absolute atomic E-state index is 0.0579. The first-order valence-electron chi connectivity index (χ1n) is 12.3. The standard InChI is InChI=1S/C24H41BrN6O3S/c1-5-23(27)34-16-21(26)24(32)28-22-14-19(8-9-20(22)25)30-10-12-31(13-11-30)35(33)17-18(4)15-29(6-2)7-3/h8-9,14,16,18,23H,5-7,10-13,15,17,26-27H2,1-4H3,(H,28,32)/b21-16-. The SMILES string of the molecule is CCC(N)O/C=C(\N)C(=O)Nc1cc(N2CCN(S(=O)CC(C)CN(CC)CC)CC2)ccc1Br. The fourth-order valence-corrected chi connectivity index (χ4v) is 5.50. The summed E-state index contributed by atoms with van der Waals surface area (Å²) < 4.78 is 21.0. The van der Waals surface area contributed by atoms with Gasteiger partial charge in [0.05, 0.1) is 16.7 Å². The van der Waals surface area contributed by atoms with E-state index in [1.165, 1.54) is 6.26 Å². The minimum atomic E-state index is -0.981. The van der Waals surface area contributed by atoms with Gasteiger partial charge < -0.3 is 25.6 Å². The summed E-state index contributed by atoms with van der Waals surface area (Å²) in [4.78, 5) is 17.1. The van der Waals surface area contributed by atoms with E-state index in [4.69, 9.17) is 16.2 Å². The average molecular weight is 574 g/mol. The summed E-state index contributed by atoms with van der Waals surface area (Å²) in [5.41, 5.74) is 13.1. The molecule has 0 spiro atoms. The van der Waals surface area contributed by atoms with Gasteiger partial charge in [-0.2, -0.15) is 0 Å². The molecule has 1 aromatic carbocycles. The molecule has 35 heavy (non-hydrogen) atoms. The number of carbonyl (C=O) groups is 1. The van der Waals surface area contributed by atoms with Crippen molar-refractivity contribution >= 4 is 44.2 Å². The molecule has 1 aliphatic rings. The van der Waals surface area contributed by atoms with Gasteiger partial charge in [-0.25, -0.2) is 8.51 Å². The quantitative estimate of drug-likeness (QED) is 0.189. The highest BCUT2D eigenvalue weighted by Gasteiger charge is 2.23. The van der Waals surface area contributed by atoms with Crippen LogP contribution in [0.25, 0.3) is 0 Å². The zero-order valence-corrected chi connectivity index (χ0v) is 23.7. The number of nitrogens with zero attached hydrogens (tertiary/aromatic N) is 3. The molecule has 198 valence electrons. The fraction of sp³-hybridized carbons (Fsp3) is 0.625. The second-order valence-electron chi connectivity index (χ2n) is 8.77. The normalized spacial score (nSPS) is 17.8. The zero-order valence-electron chi connectivity index (χ0n) is 21.3. The Kier molecular flexibility index (Phi) is 12.5. The Hall–Kier alpha value is -1.66. The van der Waals surface area contributed by atoms with Gasteiger partial charge in [-0.1, -0.05) is 27.7 Å². The van der Waals surface area contributed by atoms with Crippen LogP contribution < -0.4 is 21.7 Å². The summed E-state index contributed by atoms with van der Waals surface area (Å²) in [7, 11) is -0.981. The van der Waals surface area contributed by atoms with Gasteiger partial charge in [0, 0.05) is 48.6 Å². The third kappa shape index (κ3) is 9.38. The summed E-state index contributed by atoms with van der Waals surface area (Å²) in [6, 6.07) is 5.81. The van der Waals surface area contributed by atoms with Crippen LogP contribution in [0.3, 0.4) is 0 Å². The second-order valence-corrected chi connectivity index (χ2v) is 11.1. The van der Waals surface area contributed by atoms with Crippen molar-refractivity contribution in [2.24, 2.45) is 17.4 Å². The van der Waals surface area contributed by atoms with Crippen LogP contribution in [0.2, 0.25) is 0 Å². The van der Waals surface area contributed by atoms with Crippen molar-refractivity contribution in [3.05, 3.63) is 34.6 Å². The van der Waals surface area contributed by atoms with E-state index in [-0.39, 0.29) is 5.70 Å². The van der Waals surface area contributed by atoms with E-state index in [2.05, 4.69) is 56.1 Å². The summed E-state index contributed by atoms with van der Waals surface area (Å²) >= 11 is 3.49. The Morgan fingerprint density at radius 1 is 1.26 bits per heavy atom. The smallest absolute Gasteiger partial charge is 0.274 e. The highest BCUT2D eigenvalue weighted by molar-refractivity contribution is 9.10. The van der Waals surface area contributed by atoms with Crippen molar-refractivity contribution in [3.63, 3.8) is 0 Å². The average Bonchev–Trinajstić information content (AvgIpc) is 2.86. The van der Waals surface area contributed by atoms with Gasteiger partial charge in [0.1, 0.15) is 18.2 Å². The lowest BCUT2D eigenvalue weighted by molar-refractivity contribution is -0.113. The largest absolute Gasteiger partial charge is 0.481 e. The molecule has 0 aliphatic carbocycles. The molecule has 1 saturated heterocycles. The van der Waals surface area contributed by atoms with Crippen molar-refractivity contribution in [1.82, 2.24) is 9.21 Å². The van der Waals surface area contributed by atoms with Crippen LogP contribution in [-0.4, -0.2) is 77.1 Å². The predicted octanol–water partition coefficient (Wildman–Crippen LogP) is 2.66. The Morgan fingerprint density at radius 2 is 1.91 bits per heavy atom. The van der Waals surface area contributed by atoms with E-state index >= 15 is 0 Å². The molecular formula is C24H41BrN6O3S. The summed E-state index contributed by atoms with van der Waals surface area (Å²) in [5, 5.41) is 2.82. The molecule has 2 rings (SSSR count). The monoisotopic (exact) mass is 572 g/mol. The molecule has 0 saturated carbocycles. The Morgan fingerprint density at radius 3 is 2.51 bits per heavy atom. The number of piperazine rings is 1. The van der Waals surface area contributed by atoms with Crippen LogP contribution >= 0.6 is 15.9 Å². The van der Waals surface area contributed by atoms with Crippen LogP contribution in [0, 0.1) is 5.92 Å². The number of ether oxygens (including phenoxy) is 1. The van der Waals surface area contributed by atoms with Crippen molar-refractivity contribution in [3.8, 4) is 0 Å². The number of hydrogen-bond donors (Lipinski definition) is 3. The van der Waals surface area contributed by atoms with Crippen LogP contribution in [0.4, 0.5) is 11.4 Å². The number of benzene rings is 1. The molecule has 5 N–H and O–H groups in total. The van der Waals surface area contributed by atoms with Gasteiger partial charge in [0.15, 0.2) is 0 Å². The first-order chi connectivity index (χ1) is 16.7. The summed E-state index contributed by atoms with van der Waals surface area (Å²) in [6.07, 6.45) is 1.29. The maximum Gasteiger partial charge on any atom is 0.274 e. The summed E-state index contributed by atoms with van der Waals surface area (Å²) in [5.74, 6) is 0.605. The Balaban J connectivity index is 1.93. The first-order valence-corrected chi connectivity index (χ1v) is 14.3. The fourth-order valence-electron chi connectivity index (χ4n) is 3.78. The van der Waals surface area contributed by atoms with Crippen LogP contribution in [0.1, 0.15) is 34.1 Å². The van der Waals surface area contributed by atoms with E-state index in [0.29, 0.717) is 23.8 Å². The topological polar surface area (TPSA) is 117 Å². The molecule has 1 aliphatic heterocycles. The van der Waals surface area contributed by atoms with Crippen LogP contribution in [0.5, 0.6) is 0 Å². The van der Waals surface area contributed by atoms with E-state index in [1.54, 1.807) is 0 Å². The van der Waals surface area contributed by atoms with Gasteiger partial charge in [-0.3, -0.25) is 10.5 Å². The molecule has 1 heterocycles. The van der Waals surface area contributed by atoms with Crippen LogP contribution in [0.15, 0.2) is 34.6 Å². The highest BCUT2D eigenvalue weighted by atomic mass is 79.9. The van der Waals surface area contributed by atoms with E-state index in [0.717, 1.165) is 56.0 Å². The number of hydrogen-bond acceptors (Lipinski definition) is 7. The molecular weight excluding hydrogens is 532 g/mol. The lowest BCUT2D eigenvalue weighted by Crippen LogP contribution is -2.48. The molecule has 1 amide bonds. The van der Waals surface area contributed by atoms with E-state index in [9.17, 15) is 9.00 Å². The first kappa shape index (κ1) is 29.6. The van der Waals surface area contributed by atoms with Gasteiger partial charge in [0.2, 0.25) is 0 Å². The van der Waals surface area contributed by atoms with E-state index in [1.807, 2.05) is 25.1 Å². The van der Waals surface area contributed by atoms with Crippen molar-refractivity contribution in [2.75, 3.05) is 61.8 Å². The van der Waals surface area contributed by atoms with Crippen molar-refractivity contribution < 1.29 is 13.7 Å². The summed E-state index contributed by atoms with van der Waals surface area (Å²) in [6.45, 7) is 14.4.